The molecule has 1 aromatic carbocycles. The van der Waals surface area contributed by atoms with E-state index in [2.05, 4.69) is 144 Å². The van der Waals surface area contributed by atoms with Gasteiger partial charge in [-0.25, -0.2) is 0 Å². The first-order valence-electron chi connectivity index (χ1n) is 18.1. The highest BCUT2D eigenvalue weighted by Crippen LogP contribution is 2.37. The van der Waals surface area contributed by atoms with Crippen LogP contribution in [-0.4, -0.2) is 28.8 Å². The van der Waals surface area contributed by atoms with Gasteiger partial charge >= 0.3 is 0 Å². The lowest BCUT2D eigenvalue weighted by Gasteiger charge is -2.25. The van der Waals surface area contributed by atoms with Crippen LogP contribution in [0.5, 0.6) is 0 Å². The number of pyridine rings is 1. The number of halogens is 1. The smallest absolute Gasteiger partial charge is 0.0834 e. The fraction of sp³-hybridized carbons (Fsp3) is 0.605. The van der Waals surface area contributed by atoms with E-state index in [4.69, 9.17) is 16.3 Å². The van der Waals surface area contributed by atoms with Gasteiger partial charge in [0.2, 0.25) is 0 Å². The zero-order valence-corrected chi connectivity index (χ0v) is 35.8. The Bertz CT molecular complexity index is 1310. The summed E-state index contributed by atoms with van der Waals surface area (Å²) >= 11 is 8.06. The molecule has 1 N–H and O–H groups in total. The van der Waals surface area contributed by atoms with E-state index in [0.717, 1.165) is 37.1 Å². The molecule has 0 amide bonds. The zero-order chi connectivity index (χ0) is 37.9. The van der Waals surface area contributed by atoms with E-state index in [0.29, 0.717) is 17.3 Å². The number of nitrogens with zero attached hydrogens (tertiary/aromatic N) is 2. The average Bonchev–Trinajstić information content (AvgIpc) is 3.20. The van der Waals surface area contributed by atoms with Crippen LogP contribution in [0.4, 0.5) is 0 Å². The number of hydrogen-bond acceptors (Lipinski definition) is 4. The summed E-state index contributed by atoms with van der Waals surface area (Å²) in [5.41, 5.74) is 6.94. The van der Waals surface area contributed by atoms with Gasteiger partial charge in [-0.15, -0.1) is 6.58 Å². The van der Waals surface area contributed by atoms with Gasteiger partial charge in [-0.1, -0.05) is 98.2 Å². The van der Waals surface area contributed by atoms with Gasteiger partial charge < -0.3 is 14.6 Å². The Balaban J connectivity index is 0.000000832. The van der Waals surface area contributed by atoms with Gasteiger partial charge in [-0.05, 0) is 131 Å². The van der Waals surface area contributed by atoms with Gasteiger partial charge in [-0.2, -0.15) is 0 Å². The van der Waals surface area contributed by atoms with E-state index in [1.54, 1.807) is 11.8 Å². The van der Waals surface area contributed by atoms with Gasteiger partial charge in [0.05, 0.1) is 17.2 Å². The number of aryl methyl sites for hydroxylation is 1. The maximum atomic E-state index is 6.27. The van der Waals surface area contributed by atoms with Gasteiger partial charge in [0.1, 0.15) is 0 Å². The fourth-order valence-electron chi connectivity index (χ4n) is 4.53. The third-order valence-electron chi connectivity index (χ3n) is 7.88. The Morgan fingerprint density at radius 1 is 0.980 bits per heavy atom. The molecule has 0 saturated heterocycles. The highest BCUT2D eigenvalue weighted by atomic mass is 35.5. The second-order valence-electron chi connectivity index (χ2n) is 15.9. The first-order valence-corrected chi connectivity index (χ1v) is 19.3. The van der Waals surface area contributed by atoms with Crippen molar-refractivity contribution in [1.29, 1.82) is 0 Å². The number of benzene rings is 1. The van der Waals surface area contributed by atoms with Crippen molar-refractivity contribution in [2.45, 2.75) is 145 Å². The van der Waals surface area contributed by atoms with E-state index in [9.17, 15) is 0 Å². The standard InChI is InChI=1S/C21H24ClN3S.C12H24O.C6H14.C4H10/c1-14-9-18(22)11-19(10-14)26-21-15(2)20(12-23-4)16(3)25(21)13-17-5-7-24-8-6-17;1-7-11(8-2)10(3)9-13-12(4,5)6;1-5-6(2,3)4;1-4(2)3/h5-11,23H,12-13H2,1-4H3;7,10-11H,1,8-9H2,2-6H3;5H2,1-4H3;4H,1-3H3. The summed E-state index contributed by atoms with van der Waals surface area (Å²) in [6.07, 6.45) is 8.16. The maximum Gasteiger partial charge on any atom is 0.0834 e. The number of nitrogens with one attached hydrogen (secondary N) is 1. The SMILES string of the molecule is C=CC(CC)C(C)COC(C)(C)C.CC(C)C.CCC(C)(C)C.CNCc1c(C)c(Sc2cc(C)cc(Cl)c2)n(Cc2ccncc2)c1C. The molecule has 0 fully saturated rings. The largest absolute Gasteiger partial charge is 0.376 e. The second kappa shape index (κ2) is 23.4. The topological polar surface area (TPSA) is 39.1 Å². The lowest BCUT2D eigenvalue weighted by Crippen LogP contribution is -2.25. The Kier molecular flexibility index (Phi) is 22.4. The van der Waals surface area contributed by atoms with Crippen molar-refractivity contribution in [3.05, 3.63) is 88.4 Å². The van der Waals surface area contributed by atoms with Crippen molar-refractivity contribution in [2.75, 3.05) is 13.7 Å². The molecule has 3 rings (SSSR count). The van der Waals surface area contributed by atoms with Crippen LogP contribution < -0.4 is 5.32 Å². The highest BCUT2D eigenvalue weighted by molar-refractivity contribution is 7.99. The van der Waals surface area contributed by atoms with Crippen molar-refractivity contribution in [3.63, 3.8) is 0 Å². The Morgan fingerprint density at radius 3 is 1.96 bits per heavy atom. The molecule has 0 spiro atoms. The predicted molar refractivity (Wildman–Crippen MR) is 219 cm³/mol. The van der Waals surface area contributed by atoms with Crippen LogP contribution in [0.25, 0.3) is 0 Å². The summed E-state index contributed by atoms with van der Waals surface area (Å²) in [6.45, 7) is 39.0. The van der Waals surface area contributed by atoms with Crippen molar-refractivity contribution in [2.24, 2.45) is 23.2 Å². The minimum atomic E-state index is -0.0201. The quantitative estimate of drug-likeness (QED) is 0.201. The lowest BCUT2D eigenvalue weighted by molar-refractivity contribution is -0.0257. The molecule has 49 heavy (non-hydrogen) atoms. The highest BCUT2D eigenvalue weighted by Gasteiger charge is 2.19. The Hall–Kier alpha value is -2.05. The molecule has 2 heterocycles. The number of rotatable bonds is 11. The molecular weight excluding hydrogens is 642 g/mol. The number of allylic oxidation sites excluding steroid dienone is 1. The monoisotopic (exact) mass is 714 g/mol. The second-order valence-corrected chi connectivity index (χ2v) is 17.4. The number of ether oxygens (including phenoxy) is 1. The zero-order valence-electron chi connectivity index (χ0n) is 34.2. The average molecular weight is 715 g/mol. The lowest BCUT2D eigenvalue weighted by atomic mass is 9.92. The van der Waals surface area contributed by atoms with Crippen LogP contribution in [0.2, 0.25) is 5.02 Å². The van der Waals surface area contributed by atoms with Crippen molar-refractivity contribution >= 4 is 23.4 Å². The molecule has 4 nitrogen and oxygen atoms in total. The minimum Gasteiger partial charge on any atom is -0.376 e. The van der Waals surface area contributed by atoms with Gasteiger partial charge in [-0.3, -0.25) is 4.98 Å². The third kappa shape index (κ3) is 20.4. The molecule has 0 aliphatic carbocycles. The van der Waals surface area contributed by atoms with E-state index in [1.807, 2.05) is 37.7 Å². The van der Waals surface area contributed by atoms with Crippen molar-refractivity contribution in [1.82, 2.24) is 14.9 Å². The van der Waals surface area contributed by atoms with Gasteiger partial charge in [0, 0.05) is 41.1 Å². The minimum absolute atomic E-state index is 0.0201. The van der Waals surface area contributed by atoms with E-state index >= 15 is 0 Å². The first kappa shape index (κ1) is 47.0. The molecule has 0 radical (unpaired) electrons. The number of hydrogen-bond donors (Lipinski definition) is 1. The van der Waals surface area contributed by atoms with Crippen LogP contribution in [0.1, 0.15) is 124 Å². The van der Waals surface area contributed by atoms with Crippen LogP contribution in [0.15, 0.2) is 65.3 Å². The molecular formula is C43H72ClN3OS. The molecule has 2 aromatic heterocycles. The van der Waals surface area contributed by atoms with Crippen LogP contribution >= 0.6 is 23.4 Å². The molecule has 278 valence electrons. The summed E-state index contributed by atoms with van der Waals surface area (Å²) in [4.78, 5) is 5.30. The third-order valence-corrected chi connectivity index (χ3v) is 9.29. The molecule has 2 unspecified atom stereocenters. The first-order chi connectivity index (χ1) is 22.7. The van der Waals surface area contributed by atoms with Crippen molar-refractivity contribution < 1.29 is 4.74 Å². The predicted octanol–water partition coefficient (Wildman–Crippen LogP) is 13.1. The molecule has 0 saturated carbocycles. The Labute approximate surface area is 312 Å². The van der Waals surface area contributed by atoms with E-state index in [-0.39, 0.29) is 5.60 Å². The summed E-state index contributed by atoms with van der Waals surface area (Å²) in [5.74, 6) is 1.99. The van der Waals surface area contributed by atoms with Crippen LogP contribution in [0, 0.1) is 43.9 Å². The molecule has 2 atom stereocenters. The van der Waals surface area contributed by atoms with E-state index < -0.39 is 0 Å². The van der Waals surface area contributed by atoms with Crippen LogP contribution in [0.3, 0.4) is 0 Å². The molecule has 0 bridgehead atoms. The normalized spacial score (nSPS) is 12.5. The van der Waals surface area contributed by atoms with Gasteiger partial charge in [0.25, 0.3) is 0 Å². The number of aromatic nitrogens is 2. The molecule has 3 aromatic rings. The summed E-state index contributed by atoms with van der Waals surface area (Å²) in [6, 6.07) is 10.4. The van der Waals surface area contributed by atoms with Crippen molar-refractivity contribution in [3.8, 4) is 0 Å². The summed E-state index contributed by atoms with van der Waals surface area (Å²) in [5, 5.41) is 5.35. The van der Waals surface area contributed by atoms with E-state index in [1.165, 1.54) is 44.3 Å². The van der Waals surface area contributed by atoms with Gasteiger partial charge in [0.15, 0.2) is 0 Å². The fourth-order valence-corrected chi connectivity index (χ4v) is 6.12. The summed E-state index contributed by atoms with van der Waals surface area (Å²) in [7, 11) is 1.99. The summed E-state index contributed by atoms with van der Waals surface area (Å²) < 4.78 is 8.13. The molecule has 6 heteroatoms. The Morgan fingerprint density at radius 2 is 1.53 bits per heavy atom. The van der Waals surface area contributed by atoms with Crippen LogP contribution in [-0.2, 0) is 17.8 Å². The maximum absolute atomic E-state index is 6.27. The molecule has 0 aliphatic rings. The molecule has 0 aliphatic heterocycles.